The normalized spacial score (nSPS) is 14.6. The fourth-order valence-electron chi connectivity index (χ4n) is 1.09. The maximum Gasteiger partial charge on any atom is 0.0972 e. The van der Waals surface area contributed by atoms with Crippen molar-refractivity contribution in [3.63, 3.8) is 0 Å². The van der Waals surface area contributed by atoms with Gasteiger partial charge in [-0.2, -0.15) is 0 Å². The minimum Gasteiger partial charge on any atom is -0.386 e. The van der Waals surface area contributed by atoms with Crippen LogP contribution < -0.4 is 0 Å². The number of aliphatic hydroxyl groups excluding tert-OH is 1. The van der Waals surface area contributed by atoms with Gasteiger partial charge >= 0.3 is 0 Å². The first-order valence-electron chi connectivity index (χ1n) is 4.64. The lowest BCUT2D eigenvalue weighted by Crippen LogP contribution is -2.14. The molecule has 0 heterocycles. The van der Waals surface area contributed by atoms with E-state index < -0.39 is 11.7 Å². The van der Waals surface area contributed by atoms with Crippen molar-refractivity contribution in [2.75, 3.05) is 0 Å². The van der Waals surface area contributed by atoms with Crippen molar-refractivity contribution >= 4 is 0 Å². The lowest BCUT2D eigenvalue weighted by molar-refractivity contribution is 0.130. The van der Waals surface area contributed by atoms with E-state index in [1.165, 1.54) is 0 Å². The van der Waals surface area contributed by atoms with Crippen LogP contribution in [0.5, 0.6) is 0 Å². The van der Waals surface area contributed by atoms with Gasteiger partial charge in [0.15, 0.2) is 0 Å². The Morgan fingerprint density at radius 1 is 1.21 bits per heavy atom. The van der Waals surface area contributed by atoms with E-state index in [1.54, 1.807) is 26.0 Å². The molecular formula is C12H16O2. The monoisotopic (exact) mass is 192 g/mol. The van der Waals surface area contributed by atoms with Crippen LogP contribution in [-0.2, 0) is 0 Å². The summed E-state index contributed by atoms with van der Waals surface area (Å²) in [4.78, 5) is 0. The standard InChI is InChI=1S/C12H16O2/c1-12(2,14)9-8-11(13)10-6-4-3-5-7-10/h3-9,11,13-14H,1-2H3/b9-8+. The zero-order chi connectivity index (χ0) is 10.6. The van der Waals surface area contributed by atoms with Gasteiger partial charge in [0.05, 0.1) is 11.7 Å². The molecule has 1 unspecified atom stereocenters. The molecule has 1 rings (SSSR count). The summed E-state index contributed by atoms with van der Waals surface area (Å²) in [6.45, 7) is 3.34. The molecule has 1 aromatic rings. The first-order chi connectivity index (χ1) is 6.49. The molecule has 0 fully saturated rings. The van der Waals surface area contributed by atoms with Gasteiger partial charge in [0.1, 0.15) is 0 Å². The second-order valence-corrected chi connectivity index (χ2v) is 3.87. The molecule has 0 saturated heterocycles. The average molecular weight is 192 g/mol. The molecule has 2 heteroatoms. The molecule has 0 aliphatic carbocycles. The largest absolute Gasteiger partial charge is 0.386 e. The maximum absolute atomic E-state index is 9.69. The summed E-state index contributed by atoms with van der Waals surface area (Å²) >= 11 is 0. The van der Waals surface area contributed by atoms with Crippen LogP contribution in [0.3, 0.4) is 0 Å². The molecule has 0 aromatic heterocycles. The van der Waals surface area contributed by atoms with E-state index in [1.807, 2.05) is 30.3 Å². The van der Waals surface area contributed by atoms with Gasteiger partial charge in [-0.25, -0.2) is 0 Å². The van der Waals surface area contributed by atoms with Crippen LogP contribution in [0, 0.1) is 0 Å². The van der Waals surface area contributed by atoms with Crippen molar-refractivity contribution in [1.29, 1.82) is 0 Å². The second-order valence-electron chi connectivity index (χ2n) is 3.87. The minimum atomic E-state index is -0.879. The zero-order valence-electron chi connectivity index (χ0n) is 8.51. The number of hydrogen-bond acceptors (Lipinski definition) is 2. The summed E-state index contributed by atoms with van der Waals surface area (Å²) in [6, 6.07) is 9.33. The lowest BCUT2D eigenvalue weighted by atomic mass is 10.1. The number of rotatable bonds is 3. The predicted octanol–water partition coefficient (Wildman–Crippen LogP) is 2.05. The lowest BCUT2D eigenvalue weighted by Gasteiger charge is -2.12. The Morgan fingerprint density at radius 3 is 2.29 bits per heavy atom. The Balaban J connectivity index is 2.69. The van der Waals surface area contributed by atoms with Crippen molar-refractivity contribution in [1.82, 2.24) is 0 Å². The zero-order valence-corrected chi connectivity index (χ0v) is 8.51. The Morgan fingerprint density at radius 2 is 1.79 bits per heavy atom. The van der Waals surface area contributed by atoms with E-state index in [0.29, 0.717) is 0 Å². The van der Waals surface area contributed by atoms with E-state index in [4.69, 9.17) is 0 Å². The summed E-state index contributed by atoms with van der Waals surface area (Å²) in [6.07, 6.45) is 2.53. The van der Waals surface area contributed by atoms with Crippen LogP contribution in [0.15, 0.2) is 42.5 Å². The summed E-state index contributed by atoms with van der Waals surface area (Å²) in [7, 11) is 0. The van der Waals surface area contributed by atoms with Crippen LogP contribution in [0.25, 0.3) is 0 Å². The molecule has 14 heavy (non-hydrogen) atoms. The van der Waals surface area contributed by atoms with Gasteiger partial charge in [-0.3, -0.25) is 0 Å². The molecule has 0 saturated carbocycles. The van der Waals surface area contributed by atoms with Crippen molar-refractivity contribution in [3.05, 3.63) is 48.0 Å². The maximum atomic E-state index is 9.69. The molecule has 0 radical (unpaired) electrons. The van der Waals surface area contributed by atoms with Crippen molar-refractivity contribution in [3.8, 4) is 0 Å². The highest BCUT2D eigenvalue weighted by Gasteiger charge is 2.08. The third kappa shape index (κ3) is 3.73. The molecule has 0 aliphatic heterocycles. The molecule has 76 valence electrons. The topological polar surface area (TPSA) is 40.5 Å². The molecule has 0 amide bonds. The summed E-state index contributed by atoms with van der Waals surface area (Å²) in [5.41, 5.74) is -0.0524. The van der Waals surface area contributed by atoms with Crippen molar-refractivity contribution < 1.29 is 10.2 Å². The quantitative estimate of drug-likeness (QED) is 0.719. The van der Waals surface area contributed by atoms with Crippen LogP contribution in [0.1, 0.15) is 25.5 Å². The number of benzene rings is 1. The van der Waals surface area contributed by atoms with Crippen molar-refractivity contribution in [2.24, 2.45) is 0 Å². The molecule has 1 aromatic carbocycles. The Labute approximate surface area is 84.5 Å². The number of hydrogen-bond donors (Lipinski definition) is 2. The summed E-state index contributed by atoms with van der Waals surface area (Å²) in [5, 5.41) is 19.1. The molecule has 2 nitrogen and oxygen atoms in total. The van der Waals surface area contributed by atoms with Gasteiger partial charge in [0, 0.05) is 0 Å². The molecule has 0 spiro atoms. The molecular weight excluding hydrogens is 176 g/mol. The van der Waals surface area contributed by atoms with Gasteiger partial charge in [-0.05, 0) is 19.4 Å². The highest BCUT2D eigenvalue weighted by Crippen LogP contribution is 2.15. The highest BCUT2D eigenvalue weighted by atomic mass is 16.3. The van der Waals surface area contributed by atoms with Crippen LogP contribution in [-0.4, -0.2) is 15.8 Å². The van der Waals surface area contributed by atoms with Crippen LogP contribution >= 0.6 is 0 Å². The number of aliphatic hydroxyl groups is 2. The molecule has 1 atom stereocenters. The smallest absolute Gasteiger partial charge is 0.0972 e. The molecule has 2 N–H and O–H groups in total. The second kappa shape index (κ2) is 4.40. The first-order valence-corrected chi connectivity index (χ1v) is 4.64. The third-order valence-electron chi connectivity index (χ3n) is 1.83. The van der Waals surface area contributed by atoms with E-state index in [9.17, 15) is 10.2 Å². The van der Waals surface area contributed by atoms with E-state index in [2.05, 4.69) is 0 Å². The Kier molecular flexibility index (Phi) is 3.44. The summed E-state index contributed by atoms with van der Waals surface area (Å²) < 4.78 is 0. The highest BCUT2D eigenvalue weighted by molar-refractivity contribution is 5.21. The van der Waals surface area contributed by atoms with Crippen molar-refractivity contribution in [2.45, 2.75) is 25.6 Å². The SMILES string of the molecule is CC(C)(O)/C=C/C(O)c1ccccc1. The fraction of sp³-hybridized carbons (Fsp3) is 0.333. The van der Waals surface area contributed by atoms with E-state index in [-0.39, 0.29) is 0 Å². The fourth-order valence-corrected chi connectivity index (χ4v) is 1.09. The van der Waals surface area contributed by atoms with Crippen LogP contribution in [0.2, 0.25) is 0 Å². The van der Waals surface area contributed by atoms with E-state index in [0.717, 1.165) is 5.56 Å². The van der Waals surface area contributed by atoms with Gasteiger partial charge in [-0.1, -0.05) is 42.5 Å². The molecule has 0 aliphatic rings. The average Bonchev–Trinajstić information content (AvgIpc) is 2.14. The minimum absolute atomic E-state index is 0.650. The van der Waals surface area contributed by atoms with Gasteiger partial charge in [-0.15, -0.1) is 0 Å². The predicted molar refractivity (Wildman–Crippen MR) is 56.8 cm³/mol. The summed E-state index contributed by atoms with van der Waals surface area (Å²) in [5.74, 6) is 0. The van der Waals surface area contributed by atoms with Crippen LogP contribution in [0.4, 0.5) is 0 Å². The van der Waals surface area contributed by atoms with E-state index >= 15 is 0 Å². The van der Waals surface area contributed by atoms with Gasteiger partial charge < -0.3 is 10.2 Å². The molecule has 0 bridgehead atoms. The Hall–Kier alpha value is -1.12. The van der Waals surface area contributed by atoms with Gasteiger partial charge in [0.2, 0.25) is 0 Å². The third-order valence-corrected chi connectivity index (χ3v) is 1.83. The Bertz CT molecular complexity index is 296. The van der Waals surface area contributed by atoms with Gasteiger partial charge in [0.25, 0.3) is 0 Å². The first kappa shape index (κ1) is 11.0.